The van der Waals surface area contributed by atoms with Crippen LogP contribution in [-0.2, 0) is 35.0 Å². The molecule has 0 saturated carbocycles. The number of methoxy groups -OCH3 is 2. The summed E-state index contributed by atoms with van der Waals surface area (Å²) in [5, 5.41) is 16.2. The first-order valence-corrected chi connectivity index (χ1v) is 18.8. The predicted molar refractivity (Wildman–Crippen MR) is 201 cm³/mol. The number of hydrogen-bond donors (Lipinski definition) is 4. The Bertz CT molecular complexity index is 1170. The molecule has 1 fully saturated rings. The molecule has 2 unspecified atom stereocenters. The molecule has 292 valence electrons. The third-order valence-electron chi connectivity index (χ3n) is 10.7. The number of benzene rings is 1. The summed E-state index contributed by atoms with van der Waals surface area (Å²) in [5.74, 6) is -0.622. The minimum absolute atomic E-state index is 0.00337. The van der Waals surface area contributed by atoms with Crippen molar-refractivity contribution < 1.29 is 33.7 Å². The maximum atomic E-state index is 14.0. The summed E-state index contributed by atoms with van der Waals surface area (Å²) in [7, 11) is 6.82. The van der Waals surface area contributed by atoms with Crippen molar-refractivity contribution in [2.75, 3.05) is 48.1 Å². The van der Waals surface area contributed by atoms with Gasteiger partial charge in [-0.15, -0.1) is 0 Å². The number of ether oxygens (including phenoxy) is 3. The van der Waals surface area contributed by atoms with Crippen molar-refractivity contribution in [2.45, 2.75) is 123 Å². The van der Waals surface area contributed by atoms with Crippen molar-refractivity contribution in [1.29, 1.82) is 0 Å². The summed E-state index contributed by atoms with van der Waals surface area (Å²) < 4.78 is 17.8. The highest BCUT2D eigenvalue weighted by Crippen LogP contribution is 2.29. The number of nitrogens with zero attached hydrogens (tertiary/aromatic N) is 2. The molecule has 5 N–H and O–H groups in total. The minimum atomic E-state index is -0.567. The molecule has 2 rings (SSSR count). The Labute approximate surface area is 307 Å². The lowest BCUT2D eigenvalue weighted by Crippen LogP contribution is -2.54. The summed E-state index contributed by atoms with van der Waals surface area (Å²) in [6.45, 7) is 12.8. The van der Waals surface area contributed by atoms with Crippen molar-refractivity contribution in [1.82, 2.24) is 20.4 Å². The Kier molecular flexibility index (Phi) is 19.6. The van der Waals surface area contributed by atoms with Gasteiger partial charge in [0.25, 0.3) is 0 Å². The van der Waals surface area contributed by atoms with Gasteiger partial charge in [-0.3, -0.25) is 14.4 Å². The van der Waals surface area contributed by atoms with E-state index in [1.165, 1.54) is 0 Å². The number of amides is 3. The van der Waals surface area contributed by atoms with Gasteiger partial charge in [0.05, 0.1) is 55.9 Å². The average molecular weight is 720 g/mol. The van der Waals surface area contributed by atoms with Crippen LogP contribution in [0.25, 0.3) is 0 Å². The van der Waals surface area contributed by atoms with Crippen molar-refractivity contribution in [3.05, 3.63) is 35.9 Å². The van der Waals surface area contributed by atoms with E-state index in [-0.39, 0.29) is 67.1 Å². The quantitative estimate of drug-likeness (QED) is 0.125. The highest BCUT2D eigenvalue weighted by atomic mass is 16.5. The number of aliphatic hydroxyl groups excluding tert-OH is 1. The van der Waals surface area contributed by atoms with E-state index in [4.69, 9.17) is 19.9 Å². The number of carbonyl (C=O) groups excluding carboxylic acids is 3. The summed E-state index contributed by atoms with van der Waals surface area (Å²) in [6.07, 6.45) is 1.61. The van der Waals surface area contributed by atoms with E-state index < -0.39 is 30.4 Å². The number of aliphatic hydroxyl groups is 1. The molecule has 0 aliphatic carbocycles. The molecule has 51 heavy (non-hydrogen) atoms. The van der Waals surface area contributed by atoms with Crippen LogP contribution in [0.15, 0.2) is 30.3 Å². The zero-order valence-electron chi connectivity index (χ0n) is 33.0. The molecule has 0 aromatic heterocycles. The highest BCUT2D eigenvalue weighted by molar-refractivity contribution is 5.81. The van der Waals surface area contributed by atoms with Gasteiger partial charge in [0.1, 0.15) is 6.23 Å². The molecule has 0 radical (unpaired) electrons. The minimum Gasteiger partial charge on any atom is -0.394 e. The normalized spacial score (nSPS) is 20.2. The van der Waals surface area contributed by atoms with Crippen molar-refractivity contribution in [3.63, 3.8) is 0 Å². The lowest BCUT2D eigenvalue weighted by molar-refractivity contribution is -0.146. The fourth-order valence-electron chi connectivity index (χ4n) is 7.47. The molecule has 1 heterocycles. The maximum absolute atomic E-state index is 14.0. The first-order chi connectivity index (χ1) is 24.2. The zero-order valence-corrected chi connectivity index (χ0v) is 33.0. The van der Waals surface area contributed by atoms with E-state index in [2.05, 4.69) is 38.3 Å². The Morgan fingerprint density at radius 1 is 1.06 bits per heavy atom. The Morgan fingerprint density at radius 3 is 2.27 bits per heavy atom. The van der Waals surface area contributed by atoms with Crippen LogP contribution in [0.2, 0.25) is 0 Å². The number of likely N-dealkylation sites (tertiary alicyclic amines) is 1. The molecular weight excluding hydrogens is 650 g/mol. The lowest BCUT2D eigenvalue weighted by atomic mass is 9.90. The van der Waals surface area contributed by atoms with Gasteiger partial charge in [-0.25, -0.2) is 0 Å². The second kappa shape index (κ2) is 22.5. The van der Waals surface area contributed by atoms with Gasteiger partial charge in [0.15, 0.2) is 0 Å². The highest BCUT2D eigenvalue weighted by Gasteiger charge is 2.42. The van der Waals surface area contributed by atoms with Crippen LogP contribution in [0.1, 0.15) is 79.2 Å². The molecule has 0 bridgehead atoms. The van der Waals surface area contributed by atoms with Crippen LogP contribution < -0.4 is 16.4 Å². The van der Waals surface area contributed by atoms with E-state index >= 15 is 0 Å². The summed E-state index contributed by atoms with van der Waals surface area (Å²) in [4.78, 5) is 44.7. The molecule has 1 aromatic carbocycles. The fraction of sp³-hybridized carbons (Fsp3) is 0.769. The molecule has 0 spiro atoms. The summed E-state index contributed by atoms with van der Waals surface area (Å²) in [5.41, 5.74) is 7.30. The summed E-state index contributed by atoms with van der Waals surface area (Å²) in [6, 6.07) is 8.65. The Morgan fingerprint density at radius 2 is 1.73 bits per heavy atom. The molecular formula is C39H69N5O7. The van der Waals surface area contributed by atoms with E-state index in [0.29, 0.717) is 31.9 Å². The van der Waals surface area contributed by atoms with Crippen LogP contribution in [0.3, 0.4) is 0 Å². The van der Waals surface area contributed by atoms with Crippen molar-refractivity contribution in [2.24, 2.45) is 29.4 Å². The molecule has 12 heteroatoms. The fourth-order valence-corrected chi connectivity index (χ4v) is 7.47. The maximum Gasteiger partial charge on any atom is 0.225 e. The van der Waals surface area contributed by atoms with Gasteiger partial charge < -0.3 is 45.5 Å². The van der Waals surface area contributed by atoms with Gasteiger partial charge >= 0.3 is 0 Å². The van der Waals surface area contributed by atoms with Crippen LogP contribution >= 0.6 is 0 Å². The van der Waals surface area contributed by atoms with E-state index in [9.17, 15) is 19.5 Å². The van der Waals surface area contributed by atoms with E-state index in [1.54, 1.807) is 26.2 Å². The van der Waals surface area contributed by atoms with Crippen molar-refractivity contribution >= 4 is 17.7 Å². The van der Waals surface area contributed by atoms with Gasteiger partial charge in [-0.2, -0.15) is 0 Å². The van der Waals surface area contributed by atoms with Crippen LogP contribution in [0.5, 0.6) is 0 Å². The van der Waals surface area contributed by atoms with Gasteiger partial charge in [0, 0.05) is 40.3 Å². The Balaban J connectivity index is 2.11. The number of nitrogens with two attached hydrogens (primary N) is 1. The monoisotopic (exact) mass is 720 g/mol. The molecule has 10 atom stereocenters. The topological polar surface area (TPSA) is 156 Å². The lowest BCUT2D eigenvalue weighted by Gasteiger charge is -2.39. The molecule has 1 aliphatic rings. The number of rotatable bonds is 23. The second-order valence-electron chi connectivity index (χ2n) is 14.9. The van der Waals surface area contributed by atoms with Crippen molar-refractivity contribution in [3.8, 4) is 0 Å². The third kappa shape index (κ3) is 13.1. The van der Waals surface area contributed by atoms with E-state index in [0.717, 1.165) is 18.4 Å². The predicted octanol–water partition coefficient (Wildman–Crippen LogP) is 3.20. The SMILES string of the molecule is CC[C@H](C)C([C@@H](CC(=O)N1CCC[C@H]1[C@H](OC)[C@@H](C)C(=O)N[C@@H](CO)Cc1ccccc1)OC)N(C)C(=O)CC(C)CO[C@H](N)[C@@H](NC)C(C)C. The molecule has 1 saturated heterocycles. The van der Waals surface area contributed by atoms with Gasteiger partial charge in [-0.05, 0) is 49.6 Å². The van der Waals surface area contributed by atoms with Crippen LogP contribution in [0.4, 0.5) is 0 Å². The Hall–Kier alpha value is -2.61. The second-order valence-corrected chi connectivity index (χ2v) is 14.9. The van der Waals surface area contributed by atoms with Crippen LogP contribution in [-0.4, -0.2) is 123 Å². The van der Waals surface area contributed by atoms with Gasteiger partial charge in [0.2, 0.25) is 17.7 Å². The van der Waals surface area contributed by atoms with Crippen LogP contribution in [0, 0.1) is 23.7 Å². The average Bonchev–Trinajstić information content (AvgIpc) is 3.60. The molecule has 1 aliphatic heterocycles. The standard InChI is InChI=1S/C39H69N5O7/c1-11-27(5)36(43(8)33(46)20-26(4)24-51-38(40)35(41-7)25(2)3)32(49-9)22-34(47)44-19-15-18-31(44)37(50-10)28(6)39(48)42-30(23-45)21-29-16-13-12-14-17-29/h12-14,16-17,25-28,30-32,35-38,41,45H,11,15,18-24,40H2,1-10H3,(H,42,48)/t26?,27-,28+,30+,31-,32+,35-,36?,37+,38-/m0/s1. The first kappa shape index (κ1) is 44.6. The number of carbonyl (C=O) groups is 3. The third-order valence-corrected chi connectivity index (χ3v) is 10.7. The van der Waals surface area contributed by atoms with Gasteiger partial charge in [-0.1, -0.05) is 78.3 Å². The zero-order chi connectivity index (χ0) is 38.2. The summed E-state index contributed by atoms with van der Waals surface area (Å²) >= 11 is 0. The number of nitrogens with one attached hydrogen (secondary N) is 2. The number of likely N-dealkylation sites (N-methyl/N-ethyl adjacent to an activating group) is 2. The van der Waals surface area contributed by atoms with E-state index in [1.807, 2.05) is 56.1 Å². The molecule has 12 nitrogen and oxygen atoms in total. The number of hydrogen-bond acceptors (Lipinski definition) is 9. The smallest absolute Gasteiger partial charge is 0.225 e. The molecule has 1 aromatic rings. The largest absolute Gasteiger partial charge is 0.394 e. The molecule has 3 amide bonds. The first-order valence-electron chi connectivity index (χ1n) is 18.8.